The van der Waals surface area contributed by atoms with E-state index < -0.39 is 50.3 Å². The SMILES string of the molecule is CCC(CC)COC(=O)[C@H](C)NP(=O)(OC[C@H]1O[C@@](C#N)(c2ccc3c(N)ncnn23)[C@H](O)[C@@H]1O)Oc1cccc2c1CCCC2. The number of aliphatic hydroxyl groups is 2. The number of carbonyl (C=O) groups is 1. The van der Waals surface area contributed by atoms with Crippen LogP contribution in [0.5, 0.6) is 5.75 Å². The molecule has 248 valence electrons. The van der Waals surface area contributed by atoms with E-state index in [0.29, 0.717) is 11.3 Å². The van der Waals surface area contributed by atoms with E-state index in [4.69, 9.17) is 24.3 Å². The predicted octanol–water partition coefficient (Wildman–Crippen LogP) is 3.19. The van der Waals surface area contributed by atoms with Gasteiger partial charge in [0.1, 0.15) is 48.0 Å². The van der Waals surface area contributed by atoms with Gasteiger partial charge in [-0.15, -0.1) is 0 Å². The molecular formula is C31H41N6O8P. The minimum absolute atomic E-state index is 0.107. The first-order valence-corrected chi connectivity index (χ1v) is 17.1. The lowest BCUT2D eigenvalue weighted by molar-refractivity contribution is -0.146. The number of fused-ring (bicyclic) bond motifs is 2. The Morgan fingerprint density at radius 1 is 1.26 bits per heavy atom. The van der Waals surface area contributed by atoms with Crippen molar-refractivity contribution in [2.75, 3.05) is 18.9 Å². The summed E-state index contributed by atoms with van der Waals surface area (Å²) in [5, 5.41) is 39.2. The number of aliphatic hydroxyl groups excluding tert-OH is 2. The third-order valence-electron chi connectivity index (χ3n) is 8.79. The van der Waals surface area contributed by atoms with E-state index >= 15 is 0 Å². The summed E-state index contributed by atoms with van der Waals surface area (Å²) in [6.07, 6.45) is 1.70. The number of nitrogens with one attached hydrogen (secondary N) is 1. The Balaban J connectivity index is 1.39. The van der Waals surface area contributed by atoms with Gasteiger partial charge < -0.3 is 29.9 Å². The molecule has 0 amide bonds. The molecule has 1 fully saturated rings. The Bertz CT molecular complexity index is 1640. The first kappa shape index (κ1) is 33.8. The normalized spacial score (nSPS) is 24.7. The zero-order valence-electron chi connectivity index (χ0n) is 26.2. The van der Waals surface area contributed by atoms with E-state index in [1.807, 2.05) is 26.0 Å². The van der Waals surface area contributed by atoms with Crippen LogP contribution >= 0.6 is 7.75 Å². The first-order valence-electron chi connectivity index (χ1n) is 15.6. The van der Waals surface area contributed by atoms with Gasteiger partial charge >= 0.3 is 13.7 Å². The summed E-state index contributed by atoms with van der Waals surface area (Å²) < 4.78 is 39.0. The highest BCUT2D eigenvalue weighted by Crippen LogP contribution is 2.49. The fourth-order valence-electron chi connectivity index (χ4n) is 5.91. The van der Waals surface area contributed by atoms with Gasteiger partial charge in [-0.05, 0) is 67.9 Å². The molecule has 0 bridgehead atoms. The number of benzene rings is 1. The number of ether oxygens (including phenoxy) is 2. The minimum Gasteiger partial charge on any atom is -0.464 e. The number of esters is 1. The molecule has 5 N–H and O–H groups in total. The average molecular weight is 657 g/mol. The van der Waals surface area contributed by atoms with Gasteiger partial charge in [0, 0.05) is 0 Å². The largest absolute Gasteiger partial charge is 0.464 e. The molecule has 6 atom stereocenters. The number of nitrogens with two attached hydrogens (primary N) is 1. The molecule has 3 heterocycles. The fourth-order valence-corrected chi connectivity index (χ4v) is 7.45. The second kappa shape index (κ2) is 14.0. The monoisotopic (exact) mass is 656 g/mol. The predicted molar refractivity (Wildman–Crippen MR) is 166 cm³/mol. The van der Waals surface area contributed by atoms with Gasteiger partial charge in [0.05, 0.1) is 18.9 Å². The maximum absolute atomic E-state index is 14.4. The van der Waals surface area contributed by atoms with Gasteiger partial charge in [-0.1, -0.05) is 38.8 Å². The van der Waals surface area contributed by atoms with Crippen LogP contribution in [0.1, 0.15) is 63.3 Å². The van der Waals surface area contributed by atoms with E-state index in [9.17, 15) is 24.8 Å². The van der Waals surface area contributed by atoms with E-state index in [-0.39, 0.29) is 24.0 Å². The van der Waals surface area contributed by atoms with Crippen LogP contribution in [-0.2, 0) is 41.8 Å². The number of nitrogens with zero attached hydrogens (tertiary/aromatic N) is 4. The summed E-state index contributed by atoms with van der Waals surface area (Å²) in [5.74, 6) is 0.0514. The Morgan fingerprint density at radius 2 is 2.02 bits per heavy atom. The average Bonchev–Trinajstić information content (AvgIpc) is 3.60. The number of nitriles is 1. The highest BCUT2D eigenvalue weighted by molar-refractivity contribution is 7.52. The third kappa shape index (κ3) is 6.62. The summed E-state index contributed by atoms with van der Waals surface area (Å²) in [7, 11) is -4.36. The van der Waals surface area contributed by atoms with Gasteiger partial charge in [0.15, 0.2) is 5.82 Å². The van der Waals surface area contributed by atoms with Crippen molar-refractivity contribution < 1.29 is 38.1 Å². The Kier molecular flexibility index (Phi) is 10.3. The first-order chi connectivity index (χ1) is 22.1. The summed E-state index contributed by atoms with van der Waals surface area (Å²) >= 11 is 0. The van der Waals surface area contributed by atoms with Crippen LogP contribution in [0.4, 0.5) is 5.82 Å². The smallest absolute Gasteiger partial charge is 0.459 e. The number of carbonyl (C=O) groups excluding carboxylic acids is 1. The number of hydrogen-bond donors (Lipinski definition) is 4. The van der Waals surface area contributed by atoms with Crippen molar-refractivity contribution in [1.29, 1.82) is 5.26 Å². The highest BCUT2D eigenvalue weighted by Gasteiger charge is 2.58. The van der Waals surface area contributed by atoms with Crippen molar-refractivity contribution in [2.24, 2.45) is 5.92 Å². The lowest BCUT2D eigenvalue weighted by Gasteiger charge is -2.27. The molecule has 0 saturated carbocycles. The van der Waals surface area contributed by atoms with Crippen molar-refractivity contribution >= 4 is 25.1 Å². The molecule has 1 saturated heterocycles. The summed E-state index contributed by atoms with van der Waals surface area (Å²) in [4.78, 5) is 16.8. The molecule has 14 nitrogen and oxygen atoms in total. The van der Waals surface area contributed by atoms with E-state index in [1.54, 1.807) is 18.2 Å². The molecule has 2 aliphatic rings. The molecule has 0 spiro atoms. The van der Waals surface area contributed by atoms with E-state index in [1.165, 1.54) is 23.8 Å². The Morgan fingerprint density at radius 3 is 2.76 bits per heavy atom. The molecule has 1 aromatic carbocycles. The molecule has 0 radical (unpaired) electrons. The van der Waals surface area contributed by atoms with Crippen LogP contribution in [-0.4, -0.2) is 68.3 Å². The summed E-state index contributed by atoms with van der Waals surface area (Å²) in [5.41, 5.74) is 6.32. The van der Waals surface area contributed by atoms with Gasteiger partial charge in [-0.3, -0.25) is 9.32 Å². The number of nitrogen functional groups attached to an aromatic ring is 1. The minimum atomic E-state index is -4.36. The molecular weight excluding hydrogens is 615 g/mol. The number of rotatable bonds is 13. The molecule has 1 unspecified atom stereocenters. The van der Waals surface area contributed by atoms with Crippen LogP contribution in [0.2, 0.25) is 0 Å². The number of anilines is 1. The van der Waals surface area contributed by atoms with Gasteiger partial charge in [0.2, 0.25) is 5.60 Å². The number of aromatic nitrogens is 3. The maximum Gasteiger partial charge on any atom is 0.459 e. The van der Waals surface area contributed by atoms with Crippen LogP contribution in [0, 0.1) is 17.2 Å². The van der Waals surface area contributed by atoms with Gasteiger partial charge in [-0.2, -0.15) is 15.4 Å². The number of hydrogen-bond acceptors (Lipinski definition) is 12. The van der Waals surface area contributed by atoms with Crippen molar-refractivity contribution in [3.63, 3.8) is 0 Å². The fraction of sp³-hybridized carbons (Fsp3) is 0.548. The van der Waals surface area contributed by atoms with Crippen LogP contribution in [0.25, 0.3) is 5.52 Å². The Hall–Kier alpha value is -3.57. The quantitative estimate of drug-likeness (QED) is 0.154. The molecule has 1 aliphatic carbocycles. The second-order valence-electron chi connectivity index (χ2n) is 11.7. The molecule has 1 aliphatic heterocycles. The van der Waals surface area contributed by atoms with E-state index in [2.05, 4.69) is 15.2 Å². The third-order valence-corrected chi connectivity index (χ3v) is 10.4. The van der Waals surface area contributed by atoms with Crippen molar-refractivity contribution in [2.45, 2.75) is 89.3 Å². The van der Waals surface area contributed by atoms with Crippen molar-refractivity contribution in [3.8, 4) is 11.8 Å². The topological polar surface area (TPSA) is 204 Å². The second-order valence-corrected chi connectivity index (χ2v) is 13.4. The van der Waals surface area contributed by atoms with Gasteiger partial charge in [-0.25, -0.2) is 14.1 Å². The highest BCUT2D eigenvalue weighted by atomic mass is 31.2. The molecule has 15 heteroatoms. The maximum atomic E-state index is 14.4. The van der Waals surface area contributed by atoms with Crippen molar-refractivity contribution in [3.05, 3.63) is 53.5 Å². The zero-order chi connectivity index (χ0) is 33.1. The van der Waals surface area contributed by atoms with E-state index in [0.717, 1.165) is 49.7 Å². The molecule has 46 heavy (non-hydrogen) atoms. The molecule has 2 aromatic heterocycles. The van der Waals surface area contributed by atoms with Crippen molar-refractivity contribution in [1.82, 2.24) is 19.7 Å². The lowest BCUT2D eigenvalue weighted by Crippen LogP contribution is -2.41. The van der Waals surface area contributed by atoms with Crippen LogP contribution in [0.15, 0.2) is 36.7 Å². The molecule has 5 rings (SSSR count). The lowest BCUT2D eigenvalue weighted by atomic mass is 9.91. The molecule has 3 aromatic rings. The van der Waals surface area contributed by atoms with Crippen LogP contribution in [0.3, 0.4) is 0 Å². The van der Waals surface area contributed by atoms with Crippen LogP contribution < -0.4 is 15.3 Å². The standard InChI is InChI=1S/C31H41N6O8P/c1-4-20(5-2)15-42-30(40)19(3)36-46(41,45-24-12-8-10-21-9-6-7-11-22(21)24)43-16-25-27(38)28(39)31(17-32,44-25)26-14-13-23-29(33)34-18-35-37(23)26/h8,10,12-14,18-20,25,27-28,38-39H,4-7,9,11,15-16H2,1-3H3,(H,36,41)(H2,33,34,35)/t19-,25+,27+,28+,31-,46?/m0/s1. The van der Waals surface area contributed by atoms with Gasteiger partial charge in [0.25, 0.3) is 0 Å². The summed E-state index contributed by atoms with van der Waals surface area (Å²) in [6, 6.07) is 9.42. The summed E-state index contributed by atoms with van der Waals surface area (Å²) in [6.45, 7) is 5.17. The number of aryl methyl sites for hydroxylation is 1. The Labute approximate surface area is 267 Å². The zero-order valence-corrected chi connectivity index (χ0v) is 27.1.